The molecule has 100 valence electrons. The van der Waals surface area contributed by atoms with Crippen LogP contribution in [0.5, 0.6) is 0 Å². The van der Waals surface area contributed by atoms with Crippen LogP contribution in [0.2, 0.25) is 0 Å². The first kappa shape index (κ1) is 14.5. The molecule has 0 spiro atoms. The topological polar surface area (TPSA) is 29.5 Å². The van der Waals surface area contributed by atoms with Crippen LogP contribution >= 0.6 is 0 Å². The largest absolute Gasteiger partial charge is 0.466 e. The summed E-state index contributed by atoms with van der Waals surface area (Å²) in [6.45, 7) is 10.1. The first-order valence-corrected chi connectivity index (χ1v) is 7.01. The van der Waals surface area contributed by atoms with Crippen LogP contribution in [0.15, 0.2) is 0 Å². The number of hydrogen-bond donors (Lipinski definition) is 0. The molecule has 1 atom stereocenters. The maximum Gasteiger partial charge on any atom is 0.307 e. The number of ether oxygens (including phenoxy) is 1. The molecule has 0 saturated carbocycles. The van der Waals surface area contributed by atoms with E-state index in [1.165, 1.54) is 19.3 Å². The predicted molar refractivity (Wildman–Crippen MR) is 69.9 cm³/mol. The van der Waals surface area contributed by atoms with Crippen LogP contribution in [0.3, 0.4) is 0 Å². The highest BCUT2D eigenvalue weighted by molar-refractivity contribution is 5.69. The van der Waals surface area contributed by atoms with E-state index in [9.17, 15) is 4.79 Å². The Morgan fingerprint density at radius 1 is 1.35 bits per heavy atom. The second-order valence-corrected chi connectivity index (χ2v) is 5.33. The zero-order chi connectivity index (χ0) is 12.7. The average molecular weight is 241 g/mol. The van der Waals surface area contributed by atoms with E-state index in [2.05, 4.69) is 18.7 Å². The van der Waals surface area contributed by atoms with Crippen molar-refractivity contribution in [3.05, 3.63) is 0 Å². The molecule has 1 heterocycles. The molecule has 1 aliphatic rings. The maximum atomic E-state index is 11.3. The fourth-order valence-electron chi connectivity index (χ4n) is 2.55. The molecule has 3 nitrogen and oxygen atoms in total. The quantitative estimate of drug-likeness (QED) is 0.693. The van der Waals surface area contributed by atoms with Gasteiger partial charge in [-0.3, -0.25) is 4.79 Å². The number of nitrogens with zero attached hydrogens (tertiary/aromatic N) is 1. The summed E-state index contributed by atoms with van der Waals surface area (Å²) in [7, 11) is 0. The number of esters is 1. The maximum absolute atomic E-state index is 11.3. The van der Waals surface area contributed by atoms with Gasteiger partial charge in [0.1, 0.15) is 0 Å². The molecule has 3 heteroatoms. The molecule has 0 radical (unpaired) electrons. The van der Waals surface area contributed by atoms with Crippen LogP contribution in [0.25, 0.3) is 0 Å². The molecule has 17 heavy (non-hydrogen) atoms. The van der Waals surface area contributed by atoms with Crippen molar-refractivity contribution >= 4 is 5.97 Å². The molecular weight excluding hydrogens is 214 g/mol. The van der Waals surface area contributed by atoms with Gasteiger partial charge in [-0.15, -0.1) is 0 Å². The lowest BCUT2D eigenvalue weighted by atomic mass is 9.89. The monoisotopic (exact) mass is 241 g/mol. The summed E-state index contributed by atoms with van der Waals surface area (Å²) >= 11 is 0. The van der Waals surface area contributed by atoms with E-state index in [0.29, 0.717) is 13.0 Å². The molecule has 1 fully saturated rings. The normalized spacial score (nSPS) is 22.5. The van der Waals surface area contributed by atoms with E-state index in [4.69, 9.17) is 4.74 Å². The van der Waals surface area contributed by atoms with Gasteiger partial charge < -0.3 is 9.64 Å². The smallest absolute Gasteiger partial charge is 0.307 e. The van der Waals surface area contributed by atoms with Gasteiger partial charge in [0.2, 0.25) is 0 Å². The summed E-state index contributed by atoms with van der Waals surface area (Å²) in [6, 6.07) is 0. The molecule has 0 amide bonds. The van der Waals surface area contributed by atoms with Crippen molar-refractivity contribution < 1.29 is 9.53 Å². The minimum absolute atomic E-state index is 0.0582. The van der Waals surface area contributed by atoms with E-state index in [1.54, 1.807) is 0 Å². The van der Waals surface area contributed by atoms with Crippen molar-refractivity contribution in [2.45, 2.75) is 46.5 Å². The molecule has 0 N–H and O–H groups in total. The SMILES string of the molecule is CCOC(=O)CCN1CCCC(C(C)C)CC1. The van der Waals surface area contributed by atoms with Crippen LogP contribution in [-0.2, 0) is 9.53 Å². The fraction of sp³-hybridized carbons (Fsp3) is 0.929. The fourth-order valence-corrected chi connectivity index (χ4v) is 2.55. The molecule has 1 unspecified atom stereocenters. The second kappa shape index (κ2) is 7.70. The van der Waals surface area contributed by atoms with Crippen molar-refractivity contribution in [1.82, 2.24) is 4.90 Å². The summed E-state index contributed by atoms with van der Waals surface area (Å²) in [6.07, 6.45) is 4.43. The van der Waals surface area contributed by atoms with Gasteiger partial charge in [-0.2, -0.15) is 0 Å². The average Bonchev–Trinajstić information content (AvgIpc) is 2.52. The lowest BCUT2D eigenvalue weighted by Crippen LogP contribution is -2.28. The first-order valence-electron chi connectivity index (χ1n) is 7.01. The Labute approximate surface area is 106 Å². The third-order valence-electron chi connectivity index (χ3n) is 3.75. The third-order valence-corrected chi connectivity index (χ3v) is 3.75. The van der Waals surface area contributed by atoms with Crippen LogP contribution in [-0.4, -0.2) is 37.1 Å². The van der Waals surface area contributed by atoms with Gasteiger partial charge in [-0.05, 0) is 51.1 Å². The molecule has 1 aliphatic heterocycles. The van der Waals surface area contributed by atoms with E-state index in [-0.39, 0.29) is 5.97 Å². The van der Waals surface area contributed by atoms with Gasteiger partial charge in [-0.1, -0.05) is 13.8 Å². The van der Waals surface area contributed by atoms with E-state index in [0.717, 1.165) is 31.5 Å². The molecule has 0 aromatic heterocycles. The van der Waals surface area contributed by atoms with Crippen LogP contribution in [0, 0.1) is 11.8 Å². The minimum Gasteiger partial charge on any atom is -0.466 e. The van der Waals surface area contributed by atoms with Crippen molar-refractivity contribution in [3.63, 3.8) is 0 Å². The zero-order valence-electron chi connectivity index (χ0n) is 11.6. The van der Waals surface area contributed by atoms with Gasteiger partial charge >= 0.3 is 5.97 Å². The number of carbonyl (C=O) groups is 1. The van der Waals surface area contributed by atoms with Crippen molar-refractivity contribution in [3.8, 4) is 0 Å². The Balaban J connectivity index is 2.24. The summed E-state index contributed by atoms with van der Waals surface area (Å²) < 4.78 is 4.96. The standard InChI is InChI=1S/C14H27NO2/c1-4-17-14(16)8-11-15-9-5-6-13(7-10-15)12(2)3/h12-13H,4-11H2,1-3H3. The Morgan fingerprint density at radius 2 is 2.12 bits per heavy atom. The Kier molecular flexibility index (Phi) is 6.56. The van der Waals surface area contributed by atoms with E-state index >= 15 is 0 Å². The highest BCUT2D eigenvalue weighted by Crippen LogP contribution is 2.24. The highest BCUT2D eigenvalue weighted by atomic mass is 16.5. The van der Waals surface area contributed by atoms with Crippen LogP contribution in [0.1, 0.15) is 46.5 Å². The highest BCUT2D eigenvalue weighted by Gasteiger charge is 2.19. The van der Waals surface area contributed by atoms with E-state index in [1.807, 2.05) is 6.92 Å². The number of carbonyl (C=O) groups excluding carboxylic acids is 1. The zero-order valence-corrected chi connectivity index (χ0v) is 11.6. The van der Waals surface area contributed by atoms with Gasteiger partial charge in [0.05, 0.1) is 13.0 Å². The molecule has 0 aliphatic carbocycles. The summed E-state index contributed by atoms with van der Waals surface area (Å²) in [5, 5.41) is 0. The van der Waals surface area contributed by atoms with Gasteiger partial charge in [-0.25, -0.2) is 0 Å². The van der Waals surface area contributed by atoms with Gasteiger partial charge in [0.15, 0.2) is 0 Å². The Morgan fingerprint density at radius 3 is 2.76 bits per heavy atom. The van der Waals surface area contributed by atoms with Crippen molar-refractivity contribution in [2.24, 2.45) is 11.8 Å². The summed E-state index contributed by atoms with van der Waals surface area (Å²) in [4.78, 5) is 13.7. The van der Waals surface area contributed by atoms with Crippen LogP contribution < -0.4 is 0 Å². The minimum atomic E-state index is -0.0582. The third kappa shape index (κ3) is 5.53. The Bertz CT molecular complexity index is 228. The second-order valence-electron chi connectivity index (χ2n) is 5.33. The van der Waals surface area contributed by atoms with Gasteiger partial charge in [0, 0.05) is 6.54 Å². The molecule has 0 bridgehead atoms. The summed E-state index contributed by atoms with van der Waals surface area (Å²) in [5.74, 6) is 1.60. The van der Waals surface area contributed by atoms with Crippen molar-refractivity contribution in [2.75, 3.05) is 26.2 Å². The molecule has 0 aromatic rings. The lowest BCUT2D eigenvalue weighted by molar-refractivity contribution is -0.143. The van der Waals surface area contributed by atoms with E-state index < -0.39 is 0 Å². The van der Waals surface area contributed by atoms with Crippen molar-refractivity contribution in [1.29, 1.82) is 0 Å². The lowest BCUT2D eigenvalue weighted by Gasteiger charge is -2.20. The number of likely N-dealkylation sites (tertiary alicyclic amines) is 1. The summed E-state index contributed by atoms with van der Waals surface area (Å²) in [5.41, 5.74) is 0. The van der Waals surface area contributed by atoms with Crippen LogP contribution in [0.4, 0.5) is 0 Å². The molecule has 0 aromatic carbocycles. The van der Waals surface area contributed by atoms with Gasteiger partial charge in [0.25, 0.3) is 0 Å². The molecular formula is C14H27NO2. The molecule has 1 saturated heterocycles. The first-order chi connectivity index (χ1) is 8.13. The number of rotatable bonds is 5. The predicted octanol–water partition coefficient (Wildman–Crippen LogP) is 2.70. The Hall–Kier alpha value is -0.570. The number of hydrogen-bond acceptors (Lipinski definition) is 3. The molecule has 1 rings (SSSR count).